The summed E-state index contributed by atoms with van der Waals surface area (Å²) in [6.07, 6.45) is -1.80. The van der Waals surface area contributed by atoms with Crippen molar-refractivity contribution in [2.45, 2.75) is 36.5 Å². The van der Waals surface area contributed by atoms with Crippen molar-refractivity contribution in [2.24, 2.45) is 5.92 Å². The fourth-order valence-electron chi connectivity index (χ4n) is 4.00. The van der Waals surface area contributed by atoms with Crippen LogP contribution < -0.4 is 5.32 Å². The van der Waals surface area contributed by atoms with E-state index in [-0.39, 0.29) is 48.1 Å². The zero-order chi connectivity index (χ0) is 26.1. The molecule has 0 saturated carbocycles. The molecule has 1 aromatic heterocycles. The minimum atomic E-state index is -4.67. The van der Waals surface area contributed by atoms with E-state index in [9.17, 15) is 31.2 Å². The van der Waals surface area contributed by atoms with Crippen LogP contribution in [0.2, 0.25) is 0 Å². The van der Waals surface area contributed by atoms with Gasteiger partial charge in [0.2, 0.25) is 21.8 Å². The lowest BCUT2D eigenvalue weighted by Gasteiger charge is -2.34. The van der Waals surface area contributed by atoms with Crippen LogP contribution in [0.25, 0.3) is 0 Å². The predicted molar refractivity (Wildman–Crippen MR) is 117 cm³/mol. The zero-order valence-electron chi connectivity index (χ0n) is 18.8. The molecule has 2 aromatic rings. The summed E-state index contributed by atoms with van der Waals surface area (Å²) in [7, 11) is -3.86. The van der Waals surface area contributed by atoms with Crippen LogP contribution in [0.3, 0.4) is 0 Å². The lowest BCUT2D eigenvalue weighted by Crippen LogP contribution is -2.49. The van der Waals surface area contributed by atoms with Crippen LogP contribution in [0.15, 0.2) is 41.6 Å². The van der Waals surface area contributed by atoms with E-state index in [2.05, 4.69) is 15.3 Å². The second-order valence-electron chi connectivity index (χ2n) is 8.46. The van der Waals surface area contributed by atoms with E-state index in [0.29, 0.717) is 12.8 Å². The van der Waals surface area contributed by atoms with Gasteiger partial charge in [-0.15, -0.1) is 0 Å². The first-order chi connectivity index (χ1) is 17.0. The molecule has 2 aliphatic rings. The van der Waals surface area contributed by atoms with E-state index in [1.807, 2.05) is 6.07 Å². The largest absolute Gasteiger partial charge is 0.451 e. The molecule has 14 heteroatoms. The third-order valence-electron chi connectivity index (χ3n) is 5.99. The number of aromatic nitrogens is 2. The molecule has 2 aliphatic heterocycles. The number of hydrogen-bond acceptors (Lipinski definition) is 7. The van der Waals surface area contributed by atoms with Crippen LogP contribution in [0.5, 0.6) is 0 Å². The fraction of sp³-hybridized carbons (Fsp3) is 0.409. The van der Waals surface area contributed by atoms with Gasteiger partial charge in [0, 0.05) is 49.7 Å². The number of alkyl halides is 3. The Morgan fingerprint density at radius 1 is 1.19 bits per heavy atom. The van der Waals surface area contributed by atoms with Gasteiger partial charge in [0.15, 0.2) is 0 Å². The molecule has 36 heavy (non-hydrogen) atoms. The highest BCUT2D eigenvalue weighted by molar-refractivity contribution is 7.89. The number of sulfonamides is 1. The summed E-state index contributed by atoms with van der Waals surface area (Å²) in [5.41, 5.74) is 0.360. The van der Waals surface area contributed by atoms with Crippen molar-refractivity contribution in [2.75, 3.05) is 19.6 Å². The fourth-order valence-corrected chi connectivity index (χ4v) is 5.58. The molecular formula is C22H21F3N6O4S. The number of amides is 2. The Hall–Kier alpha value is -3.57. The molecule has 0 bridgehead atoms. The third-order valence-corrected chi connectivity index (χ3v) is 7.82. The topological polar surface area (TPSA) is 136 Å². The zero-order valence-corrected chi connectivity index (χ0v) is 19.6. The molecule has 0 spiro atoms. The van der Waals surface area contributed by atoms with Gasteiger partial charge in [0.05, 0.1) is 16.9 Å². The molecule has 10 nitrogen and oxygen atoms in total. The highest BCUT2D eigenvalue weighted by Crippen LogP contribution is 2.27. The van der Waals surface area contributed by atoms with Gasteiger partial charge in [0.25, 0.3) is 5.91 Å². The Morgan fingerprint density at radius 2 is 1.89 bits per heavy atom. The van der Waals surface area contributed by atoms with Crippen LogP contribution >= 0.6 is 0 Å². The number of carbonyl (C=O) groups excluding carboxylic acids is 2. The number of nitrogens with one attached hydrogen (secondary N) is 1. The Labute approximate surface area is 204 Å². The summed E-state index contributed by atoms with van der Waals surface area (Å²) < 4.78 is 64.6. The first-order valence-electron chi connectivity index (χ1n) is 11.0. The second-order valence-corrected chi connectivity index (χ2v) is 10.4. The van der Waals surface area contributed by atoms with Gasteiger partial charge < -0.3 is 10.2 Å². The van der Waals surface area contributed by atoms with Crippen molar-refractivity contribution in [3.8, 4) is 6.07 Å². The average Bonchev–Trinajstić information content (AvgIpc) is 3.31. The van der Waals surface area contributed by atoms with Crippen LogP contribution in [0.1, 0.15) is 34.6 Å². The van der Waals surface area contributed by atoms with Crippen molar-refractivity contribution in [3.05, 3.63) is 53.6 Å². The van der Waals surface area contributed by atoms with Crippen LogP contribution in [0.4, 0.5) is 13.2 Å². The van der Waals surface area contributed by atoms with Gasteiger partial charge in [-0.1, -0.05) is 6.07 Å². The van der Waals surface area contributed by atoms with Crippen LogP contribution in [0, 0.1) is 17.2 Å². The maximum Gasteiger partial charge on any atom is 0.451 e. The van der Waals surface area contributed by atoms with E-state index in [4.69, 9.17) is 5.26 Å². The monoisotopic (exact) mass is 522 g/mol. The molecule has 0 unspecified atom stereocenters. The molecule has 2 fully saturated rings. The van der Waals surface area contributed by atoms with Crippen molar-refractivity contribution in [3.63, 3.8) is 0 Å². The molecule has 2 saturated heterocycles. The number of nitriles is 1. The SMILES string of the molecule is N#CC1CN(S(=O)(=O)c2cccc(C(=O)N3CCC[C@@H]3C(=O)NCc3cnc(C(F)(F)F)nc3)c2)C1. The van der Waals surface area contributed by atoms with E-state index < -0.39 is 39.9 Å². The van der Waals surface area contributed by atoms with Gasteiger partial charge in [-0.3, -0.25) is 9.59 Å². The molecule has 1 N–H and O–H groups in total. The Balaban J connectivity index is 1.42. The highest BCUT2D eigenvalue weighted by atomic mass is 32.2. The lowest BCUT2D eigenvalue weighted by atomic mass is 10.1. The molecule has 0 aliphatic carbocycles. The van der Waals surface area contributed by atoms with E-state index >= 15 is 0 Å². The van der Waals surface area contributed by atoms with E-state index in [1.54, 1.807) is 0 Å². The normalized spacial score (nSPS) is 18.9. The molecular weight excluding hydrogens is 501 g/mol. The molecule has 0 radical (unpaired) electrons. The number of halogens is 3. The standard InChI is InChI=1S/C22H21F3N6O4S/c23-22(24,25)21-28-10-15(11-29-21)9-27-19(32)18-5-2-6-31(18)20(33)16-3-1-4-17(7-16)36(34,35)30-12-14(8-26)13-30/h1,3-4,7,10-11,14,18H,2,5-6,9,12-13H2,(H,27,32)/t18-/m1/s1. The summed E-state index contributed by atoms with van der Waals surface area (Å²) in [6.45, 7) is 0.348. The van der Waals surface area contributed by atoms with Gasteiger partial charge in [0.1, 0.15) is 6.04 Å². The van der Waals surface area contributed by atoms with Crippen molar-refractivity contribution < 1.29 is 31.2 Å². The van der Waals surface area contributed by atoms with Crippen LogP contribution in [-0.2, 0) is 27.5 Å². The lowest BCUT2D eigenvalue weighted by molar-refractivity contribution is -0.145. The summed E-state index contributed by atoms with van der Waals surface area (Å²) in [6, 6.07) is 6.71. The molecule has 2 amide bonds. The molecule has 4 rings (SSSR count). The molecule has 190 valence electrons. The number of nitrogens with zero attached hydrogens (tertiary/aromatic N) is 5. The highest BCUT2D eigenvalue weighted by Gasteiger charge is 2.38. The Morgan fingerprint density at radius 3 is 2.53 bits per heavy atom. The molecule has 1 atom stereocenters. The maximum absolute atomic E-state index is 13.2. The number of likely N-dealkylation sites (tertiary alicyclic amines) is 1. The Bertz CT molecular complexity index is 1300. The predicted octanol–water partition coefficient (Wildman–Crippen LogP) is 1.56. The van der Waals surface area contributed by atoms with E-state index in [1.165, 1.54) is 33.5 Å². The van der Waals surface area contributed by atoms with Gasteiger partial charge >= 0.3 is 6.18 Å². The van der Waals surface area contributed by atoms with Gasteiger partial charge in [-0.05, 0) is 31.0 Å². The Kier molecular flexibility index (Phi) is 6.96. The third kappa shape index (κ3) is 5.17. The van der Waals surface area contributed by atoms with Crippen molar-refractivity contribution in [1.82, 2.24) is 24.5 Å². The number of rotatable bonds is 6. The smallest absolute Gasteiger partial charge is 0.350 e. The maximum atomic E-state index is 13.2. The molecule has 1 aromatic carbocycles. The summed E-state index contributed by atoms with van der Waals surface area (Å²) in [4.78, 5) is 33.7. The summed E-state index contributed by atoms with van der Waals surface area (Å²) in [5.74, 6) is -2.65. The van der Waals surface area contributed by atoms with Crippen molar-refractivity contribution in [1.29, 1.82) is 5.26 Å². The minimum Gasteiger partial charge on any atom is -0.350 e. The quantitative estimate of drug-likeness (QED) is 0.608. The van der Waals surface area contributed by atoms with Crippen molar-refractivity contribution >= 4 is 21.8 Å². The first-order valence-corrected chi connectivity index (χ1v) is 12.4. The average molecular weight is 523 g/mol. The van der Waals surface area contributed by atoms with Gasteiger partial charge in [-0.25, -0.2) is 18.4 Å². The number of hydrogen-bond donors (Lipinski definition) is 1. The first kappa shape index (κ1) is 25.5. The van der Waals surface area contributed by atoms with E-state index in [0.717, 1.165) is 12.4 Å². The summed E-state index contributed by atoms with van der Waals surface area (Å²) in [5, 5.41) is 11.5. The number of benzene rings is 1. The minimum absolute atomic E-state index is 0.0766. The van der Waals surface area contributed by atoms with Gasteiger partial charge in [-0.2, -0.15) is 22.7 Å². The second kappa shape index (κ2) is 9.82. The molecule has 3 heterocycles. The number of carbonyl (C=O) groups is 2. The van der Waals surface area contributed by atoms with Crippen LogP contribution in [-0.4, -0.2) is 65.1 Å². The summed E-state index contributed by atoms with van der Waals surface area (Å²) >= 11 is 0.